The Morgan fingerprint density at radius 3 is 2.42 bits per heavy atom. The van der Waals surface area contributed by atoms with Crippen LogP contribution in [0.15, 0.2) is 78.0 Å². The highest BCUT2D eigenvalue weighted by atomic mass is 32.2. The molecule has 2 aromatic heterocycles. The Kier molecular flexibility index (Phi) is 13.7. The first-order valence-corrected chi connectivity index (χ1v) is 28.4. The Labute approximate surface area is 430 Å². The van der Waals surface area contributed by atoms with Gasteiger partial charge in [-0.3, -0.25) is 14.9 Å². The number of hydrazine groups is 1. The fourth-order valence-corrected chi connectivity index (χ4v) is 13.8. The van der Waals surface area contributed by atoms with Crippen LogP contribution in [0, 0.1) is 27.3 Å². The maximum absolute atomic E-state index is 14.7. The zero-order chi connectivity index (χ0) is 52.5. The zero-order valence-electron chi connectivity index (χ0n) is 42.2. The molecule has 22 heteroatoms. The number of sulfonamides is 2. The number of hydrogen-bond acceptors (Lipinski definition) is 15. The van der Waals surface area contributed by atoms with Gasteiger partial charge in [0.2, 0.25) is 10.0 Å². The van der Waals surface area contributed by atoms with E-state index in [1.165, 1.54) is 23.9 Å². The number of aromatic nitrogens is 2. The number of nitrogens with zero attached hydrogens (tertiary/aromatic N) is 6. The molecule has 1 spiro atoms. The third-order valence-corrected chi connectivity index (χ3v) is 19.5. The number of rotatable bonds is 13. The molecule has 1 aliphatic carbocycles. The summed E-state index contributed by atoms with van der Waals surface area (Å²) in [5, 5.41) is 30.5. The molecule has 4 fully saturated rings. The number of piperazine rings is 1. The van der Waals surface area contributed by atoms with Crippen molar-refractivity contribution in [3.63, 3.8) is 0 Å². The SMILES string of the molecule is CC(C)c1ccccc1[C@@H]1CN(S(=O)(=O)C(C)C)CCN1N1CC2(CCN(c3ccc(C(=O)NS(=O)(=O)c4cc5c(c([N+](=O)[O-])c4)N[C@@H]([C@H]4CC[C@](C)(O)CC4)CO5)c(Oc4cnc5[nH]cc(F)c5c4)c3)CC2)C1. The van der Waals surface area contributed by atoms with E-state index in [1.807, 2.05) is 12.1 Å². The summed E-state index contributed by atoms with van der Waals surface area (Å²) >= 11 is 0. The summed E-state index contributed by atoms with van der Waals surface area (Å²) in [6.07, 6.45) is 6.71. The number of hydrogen-bond donors (Lipinski definition) is 4. The van der Waals surface area contributed by atoms with Gasteiger partial charge < -0.3 is 29.8 Å². The van der Waals surface area contributed by atoms with E-state index < -0.39 is 58.1 Å². The molecular weight excluding hydrogens is 994 g/mol. The Hall–Kier alpha value is -5.91. The van der Waals surface area contributed by atoms with E-state index in [2.05, 4.69) is 60.9 Å². The van der Waals surface area contributed by atoms with Gasteiger partial charge in [0.25, 0.3) is 21.6 Å². The average Bonchev–Trinajstić information content (AvgIpc) is 3.74. The molecule has 10 rings (SSSR count). The molecule has 0 bridgehead atoms. The molecule has 1 saturated carbocycles. The number of amides is 1. The topological polar surface area (TPSA) is 233 Å². The number of nitro groups is 1. The van der Waals surface area contributed by atoms with Crippen LogP contribution >= 0.6 is 0 Å². The zero-order valence-corrected chi connectivity index (χ0v) is 43.8. The van der Waals surface area contributed by atoms with E-state index in [0.29, 0.717) is 64.1 Å². The number of benzene rings is 3. The van der Waals surface area contributed by atoms with Crippen molar-refractivity contribution in [1.82, 2.24) is 29.0 Å². The quantitative estimate of drug-likeness (QED) is 0.0654. The first-order valence-electron chi connectivity index (χ1n) is 25.4. The lowest BCUT2D eigenvalue weighted by atomic mass is 9.72. The van der Waals surface area contributed by atoms with Crippen LogP contribution in [0.2, 0.25) is 0 Å². The highest BCUT2D eigenvalue weighted by Crippen LogP contribution is 2.47. The molecule has 74 heavy (non-hydrogen) atoms. The average molecular weight is 1060 g/mol. The number of carbonyl (C=O) groups is 1. The van der Waals surface area contributed by atoms with Crippen LogP contribution in [0.3, 0.4) is 0 Å². The third kappa shape index (κ3) is 10.0. The monoisotopic (exact) mass is 1060 g/mol. The van der Waals surface area contributed by atoms with Gasteiger partial charge in [-0.25, -0.2) is 40.9 Å². The van der Waals surface area contributed by atoms with Crippen molar-refractivity contribution < 1.29 is 45.5 Å². The summed E-state index contributed by atoms with van der Waals surface area (Å²) in [6, 6.07) is 16.1. The maximum Gasteiger partial charge on any atom is 0.297 e. The molecule has 0 unspecified atom stereocenters. The Morgan fingerprint density at radius 1 is 0.986 bits per heavy atom. The van der Waals surface area contributed by atoms with Crippen molar-refractivity contribution in [2.75, 3.05) is 62.6 Å². The molecule has 5 aromatic rings. The molecule has 1 amide bonds. The van der Waals surface area contributed by atoms with Crippen molar-refractivity contribution in [3.05, 3.63) is 106 Å². The normalized spacial score (nSPS) is 23.8. The lowest BCUT2D eigenvalue weighted by Crippen LogP contribution is -2.68. The second-order valence-electron chi connectivity index (χ2n) is 21.6. The molecule has 396 valence electrons. The van der Waals surface area contributed by atoms with Crippen molar-refractivity contribution in [1.29, 1.82) is 0 Å². The van der Waals surface area contributed by atoms with Crippen molar-refractivity contribution >= 4 is 54.0 Å². The highest BCUT2D eigenvalue weighted by Gasteiger charge is 2.50. The van der Waals surface area contributed by atoms with Gasteiger partial charge in [0.05, 0.1) is 49.9 Å². The second kappa shape index (κ2) is 19.7. The van der Waals surface area contributed by atoms with E-state index in [-0.39, 0.29) is 75.5 Å². The van der Waals surface area contributed by atoms with Gasteiger partial charge in [-0.15, -0.1) is 0 Å². The molecule has 0 radical (unpaired) electrons. The van der Waals surface area contributed by atoms with Gasteiger partial charge in [-0.2, -0.15) is 4.31 Å². The van der Waals surface area contributed by atoms with Crippen LogP contribution in [0.1, 0.15) is 107 Å². The number of carbonyl (C=O) groups excluding carboxylic acids is 1. The summed E-state index contributed by atoms with van der Waals surface area (Å²) in [5.74, 6) is -1.32. The van der Waals surface area contributed by atoms with Gasteiger partial charge in [0, 0.05) is 81.3 Å². The maximum atomic E-state index is 14.7. The molecule has 3 aromatic carbocycles. The van der Waals surface area contributed by atoms with E-state index in [1.54, 1.807) is 37.2 Å². The minimum Gasteiger partial charge on any atom is -0.489 e. The molecule has 6 heterocycles. The van der Waals surface area contributed by atoms with Crippen molar-refractivity contribution in [3.8, 4) is 17.2 Å². The molecule has 4 aliphatic heterocycles. The predicted octanol–water partition coefficient (Wildman–Crippen LogP) is 7.67. The van der Waals surface area contributed by atoms with Crippen LogP contribution in [0.4, 0.5) is 21.5 Å². The predicted molar refractivity (Wildman–Crippen MR) is 277 cm³/mol. The number of anilines is 2. The molecule has 3 saturated heterocycles. The standard InChI is InChI=1S/C52H64FN9O10S2/c1-32(2)38-8-6-7-9-39(38)45-28-60(74(69,70)33(3)4)20-21-61(45)59-30-52(31-59)16-18-58(19-17-52)35-10-11-40(46(22-35)72-36-23-41-42(53)27-55-49(41)54-26-36)50(63)57-73(67,68)37-24-44(62(65)66)48-47(25-37)71-29-43(56-48)34-12-14-51(5,64)15-13-34/h6-11,22-27,32-34,43,45,56,64H,12-21,28-31H2,1-5H3,(H,54,55)(H,57,63)/t34-,43-,45+,51-/m1/s1. The molecule has 2 atom stereocenters. The van der Waals surface area contributed by atoms with E-state index in [4.69, 9.17) is 9.47 Å². The fraction of sp³-hybridized carbons (Fsp3) is 0.500. The molecular formula is C52H64FN9O10S2. The number of nitrogens with one attached hydrogen (secondary N) is 3. The number of aliphatic hydroxyl groups is 1. The number of aromatic amines is 1. The molecule has 5 aliphatic rings. The number of H-pyrrole nitrogens is 1. The fourth-order valence-electron chi connectivity index (χ4n) is 11.5. The molecule has 4 N–H and O–H groups in total. The lowest BCUT2D eigenvalue weighted by molar-refractivity contribution is -0.384. The van der Waals surface area contributed by atoms with Crippen LogP contribution < -0.4 is 24.4 Å². The Morgan fingerprint density at radius 2 is 1.72 bits per heavy atom. The van der Waals surface area contributed by atoms with Gasteiger partial charge in [0.1, 0.15) is 29.6 Å². The number of nitro benzene ring substituents is 1. The third-order valence-electron chi connectivity index (χ3n) is 15.9. The van der Waals surface area contributed by atoms with Gasteiger partial charge in [-0.05, 0) is 100 Å². The highest BCUT2D eigenvalue weighted by molar-refractivity contribution is 7.90. The first-order chi connectivity index (χ1) is 35.1. The summed E-state index contributed by atoms with van der Waals surface area (Å²) in [4.78, 5) is 34.5. The smallest absolute Gasteiger partial charge is 0.297 e. The lowest BCUT2D eigenvalue weighted by Gasteiger charge is -2.60. The van der Waals surface area contributed by atoms with Crippen molar-refractivity contribution in [2.45, 2.75) is 107 Å². The van der Waals surface area contributed by atoms with Crippen LogP contribution in [0.25, 0.3) is 11.0 Å². The Balaban J connectivity index is 0.865. The van der Waals surface area contributed by atoms with Gasteiger partial charge >= 0.3 is 0 Å². The summed E-state index contributed by atoms with van der Waals surface area (Å²) < 4.78 is 85.7. The van der Waals surface area contributed by atoms with Crippen LogP contribution in [-0.4, -0.2) is 126 Å². The minimum atomic E-state index is -4.76. The molecule has 19 nitrogen and oxygen atoms in total. The minimum absolute atomic E-state index is 0.0159. The number of ether oxygens (including phenoxy) is 2. The summed E-state index contributed by atoms with van der Waals surface area (Å²) in [6.45, 7) is 14.0. The van der Waals surface area contributed by atoms with Gasteiger partial charge in [0.15, 0.2) is 11.4 Å². The summed E-state index contributed by atoms with van der Waals surface area (Å²) in [5.41, 5.74) is 1.88. The number of piperidine rings is 1. The van der Waals surface area contributed by atoms with Crippen molar-refractivity contribution in [2.24, 2.45) is 11.3 Å². The number of pyridine rings is 1. The van der Waals surface area contributed by atoms with Crippen LogP contribution in [0.5, 0.6) is 17.2 Å². The Bertz CT molecular complexity index is 3200. The van der Waals surface area contributed by atoms with E-state index >= 15 is 0 Å². The second-order valence-corrected chi connectivity index (χ2v) is 25.8. The number of halogens is 1. The van der Waals surface area contributed by atoms with Gasteiger partial charge in [-0.1, -0.05) is 38.1 Å². The summed E-state index contributed by atoms with van der Waals surface area (Å²) in [7, 11) is -8.23. The first kappa shape index (κ1) is 51.6. The largest absolute Gasteiger partial charge is 0.489 e. The van der Waals surface area contributed by atoms with E-state index in [0.717, 1.165) is 49.8 Å². The van der Waals surface area contributed by atoms with Crippen LogP contribution in [-0.2, 0) is 20.0 Å². The number of fused-ring (bicyclic) bond motifs is 2. The van der Waals surface area contributed by atoms with E-state index in [9.17, 15) is 41.2 Å².